The van der Waals surface area contributed by atoms with E-state index in [1.165, 1.54) is 0 Å². The van der Waals surface area contributed by atoms with Crippen LogP contribution in [0.1, 0.15) is 33.9 Å². The molecule has 0 spiro atoms. The van der Waals surface area contributed by atoms with Crippen molar-refractivity contribution in [2.45, 2.75) is 26.0 Å². The molecule has 1 N–H and O–H groups in total. The topological polar surface area (TPSA) is 70.1 Å². The van der Waals surface area contributed by atoms with Gasteiger partial charge >= 0.3 is 0 Å². The molecule has 42 heavy (non-hydrogen) atoms. The first-order valence-electron chi connectivity index (χ1n) is 13.8. The minimum Gasteiger partial charge on any atom is -0.507 e. The van der Waals surface area contributed by atoms with Crippen molar-refractivity contribution in [3.8, 4) is 5.75 Å². The van der Waals surface area contributed by atoms with Crippen molar-refractivity contribution in [3.05, 3.63) is 135 Å². The number of aryl methyl sites for hydroxylation is 1. The molecule has 1 saturated heterocycles. The summed E-state index contributed by atoms with van der Waals surface area (Å²) in [6.45, 7) is 2.60. The van der Waals surface area contributed by atoms with Crippen molar-refractivity contribution in [2.75, 3.05) is 25.5 Å². The van der Waals surface area contributed by atoms with Gasteiger partial charge in [0.2, 0.25) is 0 Å². The Morgan fingerprint density at radius 3 is 2.24 bits per heavy atom. The molecule has 1 aliphatic heterocycles. The number of carbonyl (C=O) groups excluding carboxylic acids is 2. The first-order valence-corrected chi connectivity index (χ1v) is 14.2. The molecule has 1 atom stereocenters. The number of ketones is 1. The average molecular weight is 581 g/mol. The van der Waals surface area contributed by atoms with Gasteiger partial charge in [-0.25, -0.2) is 0 Å². The number of aliphatic hydroxyl groups excluding tert-OH is 1. The Hall–Kier alpha value is -4.55. The van der Waals surface area contributed by atoms with Crippen molar-refractivity contribution in [3.63, 3.8) is 0 Å². The molecule has 5 rings (SSSR count). The summed E-state index contributed by atoms with van der Waals surface area (Å²) >= 11 is 6.04. The van der Waals surface area contributed by atoms with E-state index in [0.29, 0.717) is 35.9 Å². The summed E-state index contributed by atoms with van der Waals surface area (Å²) < 4.78 is 6.00. The van der Waals surface area contributed by atoms with E-state index in [1.54, 1.807) is 35.2 Å². The molecule has 1 amide bonds. The van der Waals surface area contributed by atoms with Gasteiger partial charge in [0.1, 0.15) is 18.1 Å². The van der Waals surface area contributed by atoms with Crippen LogP contribution in [0.25, 0.3) is 5.76 Å². The van der Waals surface area contributed by atoms with Crippen LogP contribution in [0.3, 0.4) is 0 Å². The van der Waals surface area contributed by atoms with Gasteiger partial charge in [0.25, 0.3) is 11.7 Å². The maximum Gasteiger partial charge on any atom is 0.295 e. The summed E-state index contributed by atoms with van der Waals surface area (Å²) in [7, 11) is 3.89. The van der Waals surface area contributed by atoms with E-state index in [1.807, 2.05) is 92.6 Å². The fourth-order valence-electron chi connectivity index (χ4n) is 5.16. The second-order valence-electron chi connectivity index (χ2n) is 10.6. The number of nitrogens with zero attached hydrogens (tertiary/aromatic N) is 2. The van der Waals surface area contributed by atoms with Crippen LogP contribution in [0.5, 0.6) is 5.75 Å². The van der Waals surface area contributed by atoms with Gasteiger partial charge in [-0.3, -0.25) is 9.59 Å². The van der Waals surface area contributed by atoms with Crippen molar-refractivity contribution >= 4 is 34.7 Å². The van der Waals surface area contributed by atoms with E-state index in [0.717, 1.165) is 27.9 Å². The van der Waals surface area contributed by atoms with E-state index < -0.39 is 17.7 Å². The minimum absolute atomic E-state index is 0.0751. The van der Waals surface area contributed by atoms with E-state index >= 15 is 0 Å². The first-order chi connectivity index (χ1) is 20.2. The minimum atomic E-state index is -0.733. The fourth-order valence-corrected chi connectivity index (χ4v) is 5.29. The average Bonchev–Trinajstić information content (AvgIpc) is 3.25. The highest BCUT2D eigenvalue weighted by molar-refractivity contribution is 6.46. The summed E-state index contributed by atoms with van der Waals surface area (Å²) in [5.74, 6) is -0.865. The Labute approximate surface area is 251 Å². The van der Waals surface area contributed by atoms with Gasteiger partial charge in [0.15, 0.2) is 0 Å². The molecule has 0 aromatic heterocycles. The lowest BCUT2D eigenvalue weighted by atomic mass is 9.94. The van der Waals surface area contributed by atoms with Crippen LogP contribution in [0.15, 0.2) is 103 Å². The first kappa shape index (κ1) is 29.0. The van der Waals surface area contributed by atoms with Gasteiger partial charge in [-0.05, 0) is 78.1 Å². The molecule has 4 aromatic rings. The van der Waals surface area contributed by atoms with E-state index in [2.05, 4.69) is 0 Å². The molecule has 0 saturated carbocycles. The molecule has 1 heterocycles. The normalized spacial score (nSPS) is 16.1. The van der Waals surface area contributed by atoms with Crippen LogP contribution >= 0.6 is 11.6 Å². The monoisotopic (exact) mass is 580 g/mol. The number of anilines is 1. The lowest BCUT2D eigenvalue weighted by Gasteiger charge is -2.26. The van der Waals surface area contributed by atoms with E-state index in [4.69, 9.17) is 16.3 Å². The van der Waals surface area contributed by atoms with Crippen LogP contribution < -0.4 is 9.64 Å². The Balaban J connectivity index is 1.49. The Morgan fingerprint density at radius 1 is 0.905 bits per heavy atom. The number of hydrogen-bond donors (Lipinski definition) is 1. The van der Waals surface area contributed by atoms with Crippen LogP contribution in [-0.4, -0.2) is 42.3 Å². The molecular weight excluding hydrogens is 548 g/mol. The molecule has 7 heteroatoms. The Kier molecular flexibility index (Phi) is 8.64. The Bertz CT molecular complexity index is 1610. The number of halogens is 1. The number of aliphatic hydroxyl groups is 1. The molecule has 0 bridgehead atoms. The molecule has 0 aliphatic carbocycles. The lowest BCUT2D eigenvalue weighted by molar-refractivity contribution is -0.139. The second kappa shape index (κ2) is 12.5. The van der Waals surface area contributed by atoms with Crippen molar-refractivity contribution < 1.29 is 19.4 Å². The Morgan fingerprint density at radius 2 is 1.60 bits per heavy atom. The molecular formula is C35H33ClN2O4. The summed E-state index contributed by atoms with van der Waals surface area (Å²) in [5.41, 5.74) is 5.10. The highest BCUT2D eigenvalue weighted by atomic mass is 35.5. The van der Waals surface area contributed by atoms with E-state index in [-0.39, 0.29) is 11.3 Å². The van der Waals surface area contributed by atoms with Gasteiger partial charge in [-0.1, -0.05) is 66.2 Å². The predicted molar refractivity (Wildman–Crippen MR) is 167 cm³/mol. The van der Waals surface area contributed by atoms with Crippen LogP contribution in [0.2, 0.25) is 5.02 Å². The van der Waals surface area contributed by atoms with Crippen molar-refractivity contribution in [2.24, 2.45) is 0 Å². The number of carbonyl (C=O) groups is 2. The van der Waals surface area contributed by atoms with E-state index in [9.17, 15) is 14.7 Å². The molecule has 1 fully saturated rings. The van der Waals surface area contributed by atoms with Crippen LogP contribution in [0.4, 0.5) is 5.69 Å². The summed E-state index contributed by atoms with van der Waals surface area (Å²) in [4.78, 5) is 30.4. The predicted octanol–water partition coefficient (Wildman–Crippen LogP) is 6.96. The summed E-state index contributed by atoms with van der Waals surface area (Å²) in [6.07, 6.45) is 0.531. The number of ether oxygens (including phenoxy) is 1. The third kappa shape index (κ3) is 6.19. The third-order valence-electron chi connectivity index (χ3n) is 7.51. The third-order valence-corrected chi connectivity index (χ3v) is 7.76. The molecule has 6 nitrogen and oxygen atoms in total. The quantitative estimate of drug-likeness (QED) is 0.132. The lowest BCUT2D eigenvalue weighted by Crippen LogP contribution is -2.31. The number of Topliss-reactive ketones (excluding diaryl/α,β-unsaturated/α-hetero) is 1. The number of amides is 1. The zero-order valence-corrected chi connectivity index (χ0v) is 24.6. The highest BCUT2D eigenvalue weighted by Crippen LogP contribution is 2.40. The molecule has 214 valence electrons. The molecule has 0 radical (unpaired) electrons. The van der Waals surface area contributed by atoms with Crippen molar-refractivity contribution in [1.29, 1.82) is 0 Å². The fraction of sp³-hybridized carbons (Fsp3) is 0.200. The summed E-state index contributed by atoms with van der Waals surface area (Å²) in [6, 6.07) is 29.5. The summed E-state index contributed by atoms with van der Waals surface area (Å²) in [5, 5.41) is 12.2. The standard InChI is InChI=1S/C35H33ClN2O4/c1-23-21-27(13-18-30(23)42-22-25-7-5-4-6-8-25)33(39)31-32(26-11-16-29(17-12-26)37(2)3)38(35(41)34(31)40)20-19-24-9-14-28(36)15-10-24/h4-18,21,32,39H,19-20,22H2,1-3H3/b33-31-. The smallest absolute Gasteiger partial charge is 0.295 e. The maximum atomic E-state index is 13.5. The van der Waals surface area contributed by atoms with Gasteiger partial charge in [-0.15, -0.1) is 0 Å². The second-order valence-corrected chi connectivity index (χ2v) is 11.0. The number of rotatable bonds is 9. The van der Waals surface area contributed by atoms with Gasteiger partial charge in [-0.2, -0.15) is 0 Å². The zero-order chi connectivity index (χ0) is 29.8. The van der Waals surface area contributed by atoms with Crippen LogP contribution in [0, 0.1) is 6.92 Å². The SMILES string of the molecule is Cc1cc(/C(O)=C2/C(=O)C(=O)N(CCc3ccc(Cl)cc3)C2c2ccc(N(C)C)cc2)ccc1OCc1ccccc1. The van der Waals surface area contributed by atoms with Gasteiger partial charge in [0.05, 0.1) is 11.6 Å². The highest BCUT2D eigenvalue weighted by Gasteiger charge is 2.45. The largest absolute Gasteiger partial charge is 0.507 e. The zero-order valence-electron chi connectivity index (χ0n) is 23.9. The van der Waals surface area contributed by atoms with Crippen molar-refractivity contribution in [1.82, 2.24) is 4.90 Å². The maximum absolute atomic E-state index is 13.5. The molecule has 1 unspecified atom stereocenters. The number of hydrogen-bond acceptors (Lipinski definition) is 5. The van der Waals surface area contributed by atoms with Gasteiger partial charge < -0.3 is 19.6 Å². The molecule has 1 aliphatic rings. The van der Waals surface area contributed by atoms with Gasteiger partial charge in [0, 0.05) is 36.9 Å². The number of benzene rings is 4. The molecule has 4 aromatic carbocycles. The van der Waals surface area contributed by atoms with Crippen LogP contribution in [-0.2, 0) is 22.6 Å². The number of likely N-dealkylation sites (tertiary alicyclic amines) is 1.